The normalized spacial score (nSPS) is 20.5. The Morgan fingerprint density at radius 2 is 2.05 bits per heavy atom. The summed E-state index contributed by atoms with van der Waals surface area (Å²) in [6, 6.07) is 4.34. The van der Waals surface area contributed by atoms with Gasteiger partial charge < -0.3 is 5.32 Å². The van der Waals surface area contributed by atoms with Crippen LogP contribution in [0.2, 0.25) is 0 Å². The topological polar surface area (TPSA) is 79.5 Å². The molecular weight excluding hydrogens is 309 g/mol. The number of hydrogen-bond acceptors (Lipinski definition) is 5. The van der Waals surface area contributed by atoms with E-state index in [1.54, 1.807) is 6.07 Å². The first-order chi connectivity index (χ1) is 10.4. The Labute approximate surface area is 128 Å². The van der Waals surface area contributed by atoms with Gasteiger partial charge in [0.05, 0.1) is 17.6 Å². The summed E-state index contributed by atoms with van der Waals surface area (Å²) in [6.45, 7) is 1.74. The Morgan fingerprint density at radius 3 is 2.68 bits per heavy atom. The Morgan fingerprint density at radius 1 is 1.32 bits per heavy atom. The first kappa shape index (κ1) is 15.3. The molecule has 0 radical (unpaired) electrons. The van der Waals surface area contributed by atoms with Gasteiger partial charge in [-0.15, -0.1) is 0 Å². The fourth-order valence-corrected chi connectivity index (χ4v) is 3.25. The number of hydrogen-bond donors (Lipinski definition) is 3. The molecule has 2 aliphatic heterocycles. The average molecular weight is 327 g/mol. The summed E-state index contributed by atoms with van der Waals surface area (Å²) in [5, 5.41) is 3.27. The van der Waals surface area contributed by atoms with Crippen LogP contribution < -0.4 is 15.5 Å². The predicted molar refractivity (Wildman–Crippen MR) is 81.9 cm³/mol. The summed E-state index contributed by atoms with van der Waals surface area (Å²) in [5.74, 6) is -0.628. The maximum Gasteiger partial charge on any atom is 0.229 e. The molecule has 0 atom stereocenters. The zero-order chi connectivity index (χ0) is 15.8. The molecule has 22 heavy (non-hydrogen) atoms. The smallest absolute Gasteiger partial charge is 0.229 e. The van der Waals surface area contributed by atoms with Crippen LogP contribution in [0.4, 0.5) is 10.1 Å². The first-order valence-corrected chi connectivity index (χ1v) is 8.91. The summed E-state index contributed by atoms with van der Waals surface area (Å²) < 4.78 is 38.5. The standard InChI is InChI=1S/C14H18FN3O3S/c1-22(19,20)18-12-3-2-10(8-11(12)15)13-9-14(21-17-13)4-6-16-7-5-14/h2-3,8-9,16-18H,4-7H2,1H3. The van der Waals surface area contributed by atoms with Crippen LogP contribution in [0.1, 0.15) is 18.4 Å². The second-order valence-corrected chi connectivity index (χ2v) is 7.39. The fourth-order valence-electron chi connectivity index (χ4n) is 2.68. The van der Waals surface area contributed by atoms with Gasteiger partial charge in [0.15, 0.2) is 0 Å². The summed E-state index contributed by atoms with van der Waals surface area (Å²) in [5.41, 5.74) is 3.76. The van der Waals surface area contributed by atoms with Crippen molar-refractivity contribution < 1.29 is 17.6 Å². The van der Waals surface area contributed by atoms with E-state index in [0.717, 1.165) is 32.2 Å². The SMILES string of the molecule is CS(=O)(=O)Nc1ccc(C2=CC3(CCNCC3)ON2)cc1F. The third-order valence-electron chi connectivity index (χ3n) is 3.80. The highest BCUT2D eigenvalue weighted by molar-refractivity contribution is 7.92. The quantitative estimate of drug-likeness (QED) is 0.777. The largest absolute Gasteiger partial charge is 0.316 e. The Kier molecular flexibility index (Phi) is 3.84. The number of anilines is 1. The van der Waals surface area contributed by atoms with Crippen LogP contribution in [0.15, 0.2) is 24.3 Å². The third-order valence-corrected chi connectivity index (χ3v) is 4.39. The lowest BCUT2D eigenvalue weighted by molar-refractivity contribution is -0.0515. The third kappa shape index (κ3) is 3.23. The second-order valence-electron chi connectivity index (χ2n) is 5.65. The molecule has 1 aromatic carbocycles. The van der Waals surface area contributed by atoms with Crippen molar-refractivity contribution in [1.29, 1.82) is 0 Å². The Balaban J connectivity index is 1.84. The zero-order valence-corrected chi connectivity index (χ0v) is 13.0. The van der Waals surface area contributed by atoms with Crippen molar-refractivity contribution in [3.05, 3.63) is 35.7 Å². The summed E-state index contributed by atoms with van der Waals surface area (Å²) in [4.78, 5) is 5.68. The summed E-state index contributed by atoms with van der Waals surface area (Å²) in [6.07, 6.45) is 4.65. The number of sulfonamides is 1. The van der Waals surface area contributed by atoms with Gasteiger partial charge in [0.25, 0.3) is 0 Å². The van der Waals surface area contributed by atoms with E-state index in [9.17, 15) is 12.8 Å². The van der Waals surface area contributed by atoms with E-state index in [1.165, 1.54) is 12.1 Å². The van der Waals surface area contributed by atoms with E-state index in [4.69, 9.17) is 4.84 Å². The molecule has 1 saturated heterocycles. The minimum Gasteiger partial charge on any atom is -0.316 e. The second kappa shape index (κ2) is 5.53. The molecule has 3 N–H and O–H groups in total. The molecule has 2 heterocycles. The number of halogens is 1. The minimum absolute atomic E-state index is 0.0673. The number of hydroxylamine groups is 1. The lowest BCUT2D eigenvalue weighted by atomic mass is 9.91. The number of nitrogens with one attached hydrogen (secondary N) is 3. The van der Waals surface area contributed by atoms with Crippen molar-refractivity contribution in [2.45, 2.75) is 18.4 Å². The molecule has 0 aliphatic carbocycles. The van der Waals surface area contributed by atoms with Crippen LogP contribution in [0, 0.1) is 5.82 Å². The van der Waals surface area contributed by atoms with Gasteiger partial charge in [-0.3, -0.25) is 15.0 Å². The molecule has 8 heteroatoms. The van der Waals surface area contributed by atoms with Crippen LogP contribution in [0.5, 0.6) is 0 Å². The molecule has 6 nitrogen and oxygen atoms in total. The van der Waals surface area contributed by atoms with Crippen molar-refractivity contribution in [1.82, 2.24) is 10.8 Å². The van der Waals surface area contributed by atoms with Gasteiger partial charge in [-0.05, 0) is 44.1 Å². The van der Waals surface area contributed by atoms with E-state index in [1.807, 2.05) is 6.08 Å². The molecule has 0 aromatic heterocycles. The van der Waals surface area contributed by atoms with Crippen LogP contribution in [-0.4, -0.2) is 33.4 Å². The highest BCUT2D eigenvalue weighted by atomic mass is 32.2. The maximum atomic E-state index is 14.0. The van der Waals surface area contributed by atoms with Crippen LogP contribution in [-0.2, 0) is 14.9 Å². The van der Waals surface area contributed by atoms with Crippen molar-refractivity contribution >= 4 is 21.4 Å². The van der Waals surface area contributed by atoms with E-state index < -0.39 is 15.8 Å². The molecule has 0 saturated carbocycles. The van der Waals surface area contributed by atoms with Crippen LogP contribution in [0.3, 0.4) is 0 Å². The summed E-state index contributed by atoms with van der Waals surface area (Å²) >= 11 is 0. The van der Waals surface area contributed by atoms with Gasteiger partial charge >= 0.3 is 0 Å². The Hall–Kier alpha value is -1.64. The lowest BCUT2D eigenvalue weighted by Gasteiger charge is -2.29. The molecule has 2 aliphatic rings. The van der Waals surface area contributed by atoms with Crippen molar-refractivity contribution in [3.63, 3.8) is 0 Å². The van der Waals surface area contributed by atoms with E-state index in [2.05, 4.69) is 15.5 Å². The molecule has 0 unspecified atom stereocenters. The fraction of sp³-hybridized carbons (Fsp3) is 0.429. The van der Waals surface area contributed by atoms with Crippen LogP contribution >= 0.6 is 0 Å². The summed E-state index contributed by atoms with van der Waals surface area (Å²) in [7, 11) is -3.51. The molecule has 1 spiro atoms. The maximum absolute atomic E-state index is 14.0. The average Bonchev–Trinajstić information content (AvgIpc) is 2.84. The lowest BCUT2D eigenvalue weighted by Crippen LogP contribution is -2.41. The zero-order valence-electron chi connectivity index (χ0n) is 12.1. The number of benzene rings is 1. The van der Waals surface area contributed by atoms with Gasteiger partial charge in [-0.25, -0.2) is 12.8 Å². The van der Waals surface area contributed by atoms with Gasteiger partial charge in [0.2, 0.25) is 10.0 Å². The van der Waals surface area contributed by atoms with Gasteiger partial charge in [0.1, 0.15) is 11.4 Å². The molecule has 120 valence electrons. The monoisotopic (exact) mass is 327 g/mol. The number of rotatable bonds is 3. The molecule has 1 fully saturated rings. The first-order valence-electron chi connectivity index (χ1n) is 7.02. The van der Waals surface area contributed by atoms with Crippen molar-refractivity contribution in [2.24, 2.45) is 0 Å². The minimum atomic E-state index is -3.51. The highest BCUT2D eigenvalue weighted by Crippen LogP contribution is 2.33. The predicted octanol–water partition coefficient (Wildman–Crippen LogP) is 1.20. The van der Waals surface area contributed by atoms with E-state index in [-0.39, 0.29) is 11.3 Å². The van der Waals surface area contributed by atoms with Gasteiger partial charge in [0, 0.05) is 5.56 Å². The van der Waals surface area contributed by atoms with Gasteiger partial charge in [-0.1, -0.05) is 6.07 Å². The highest BCUT2D eigenvalue weighted by Gasteiger charge is 2.36. The van der Waals surface area contributed by atoms with Crippen LogP contribution in [0.25, 0.3) is 5.70 Å². The molecule has 0 amide bonds. The van der Waals surface area contributed by atoms with Crippen molar-refractivity contribution in [3.8, 4) is 0 Å². The Bertz CT molecular complexity index is 712. The number of piperidine rings is 1. The van der Waals surface area contributed by atoms with Gasteiger partial charge in [-0.2, -0.15) is 0 Å². The molecule has 1 aromatic rings. The van der Waals surface area contributed by atoms with Crippen molar-refractivity contribution in [2.75, 3.05) is 24.1 Å². The molecular formula is C14H18FN3O3S. The van der Waals surface area contributed by atoms with E-state index >= 15 is 0 Å². The molecule has 3 rings (SSSR count). The molecule has 0 bridgehead atoms. The van der Waals surface area contributed by atoms with E-state index in [0.29, 0.717) is 11.3 Å².